The fraction of sp³-hybridized carbons (Fsp3) is 0.333. The first-order valence-corrected chi connectivity index (χ1v) is 4.90. The Morgan fingerprint density at radius 1 is 1.40 bits per heavy atom. The first-order chi connectivity index (χ1) is 7.13. The molecular formula is C12H13NO2. The number of carbonyl (C=O) groups excluding carboxylic acids is 1. The van der Waals surface area contributed by atoms with Crippen LogP contribution >= 0.6 is 0 Å². The molecule has 0 fully saturated rings. The molecule has 1 heterocycles. The Hall–Kier alpha value is -1.64. The lowest BCUT2D eigenvalue weighted by Gasteiger charge is -2.16. The van der Waals surface area contributed by atoms with Crippen LogP contribution in [-0.2, 0) is 0 Å². The number of hydrogen-bond acceptors (Lipinski definition) is 3. The summed E-state index contributed by atoms with van der Waals surface area (Å²) in [5.74, 6) is 0.717. The van der Waals surface area contributed by atoms with Gasteiger partial charge in [0.1, 0.15) is 5.75 Å². The van der Waals surface area contributed by atoms with Gasteiger partial charge in [-0.15, -0.1) is 0 Å². The highest BCUT2D eigenvalue weighted by atomic mass is 16.5. The van der Waals surface area contributed by atoms with Crippen molar-refractivity contribution in [1.82, 2.24) is 0 Å². The normalized spacial score (nSPS) is 18.9. The molecule has 0 saturated carbocycles. The van der Waals surface area contributed by atoms with Crippen LogP contribution in [-0.4, -0.2) is 19.1 Å². The van der Waals surface area contributed by atoms with Gasteiger partial charge in [-0.3, -0.25) is 9.79 Å². The van der Waals surface area contributed by atoms with Crippen molar-refractivity contribution in [1.29, 1.82) is 0 Å². The molecule has 15 heavy (non-hydrogen) atoms. The smallest absolute Gasteiger partial charge is 0.173 e. The molecule has 0 bridgehead atoms. The lowest BCUT2D eigenvalue weighted by molar-refractivity contribution is 0.0962. The predicted octanol–water partition coefficient (Wildman–Crippen LogP) is 2.54. The van der Waals surface area contributed by atoms with E-state index in [4.69, 9.17) is 4.74 Å². The summed E-state index contributed by atoms with van der Waals surface area (Å²) < 4.78 is 5.19. The summed E-state index contributed by atoms with van der Waals surface area (Å²) in [4.78, 5) is 16.1. The van der Waals surface area contributed by atoms with Gasteiger partial charge < -0.3 is 4.74 Å². The number of benzene rings is 1. The molecule has 1 unspecified atom stereocenters. The number of aryl methyl sites for hydroxylation is 1. The number of ether oxygens (including phenoxy) is 1. The molecule has 0 N–H and O–H groups in total. The number of carbonyl (C=O) groups is 1. The molecule has 1 aliphatic rings. The van der Waals surface area contributed by atoms with E-state index in [0.717, 1.165) is 17.0 Å². The lowest BCUT2D eigenvalue weighted by atomic mass is 9.95. The van der Waals surface area contributed by atoms with Crippen molar-refractivity contribution >= 4 is 17.7 Å². The van der Waals surface area contributed by atoms with E-state index in [0.29, 0.717) is 5.56 Å². The Kier molecular flexibility index (Phi) is 2.31. The summed E-state index contributed by atoms with van der Waals surface area (Å²) in [6.45, 7) is 3.79. The molecule has 0 saturated heterocycles. The molecule has 3 nitrogen and oxygen atoms in total. The molecule has 0 aliphatic carbocycles. The Morgan fingerprint density at radius 3 is 2.80 bits per heavy atom. The average Bonchev–Trinajstić information content (AvgIpc) is 2.23. The monoisotopic (exact) mass is 203 g/mol. The third kappa shape index (κ3) is 1.54. The van der Waals surface area contributed by atoms with Crippen LogP contribution in [0.3, 0.4) is 0 Å². The second-order valence-corrected chi connectivity index (χ2v) is 3.77. The molecule has 1 atom stereocenters. The van der Waals surface area contributed by atoms with Gasteiger partial charge in [0.05, 0.1) is 18.7 Å². The van der Waals surface area contributed by atoms with Crippen LogP contribution in [0.1, 0.15) is 22.8 Å². The number of fused-ring (bicyclic) bond motifs is 1. The quantitative estimate of drug-likeness (QED) is 0.703. The minimum atomic E-state index is -0.134. The molecule has 0 spiro atoms. The number of Topliss-reactive ketones (excluding diaryl/α,β-unsaturated/α-hetero) is 1. The summed E-state index contributed by atoms with van der Waals surface area (Å²) in [5.41, 5.74) is 2.40. The van der Waals surface area contributed by atoms with Crippen LogP contribution in [0.4, 0.5) is 5.69 Å². The topological polar surface area (TPSA) is 38.7 Å². The van der Waals surface area contributed by atoms with Gasteiger partial charge in [-0.2, -0.15) is 0 Å². The van der Waals surface area contributed by atoms with Crippen molar-refractivity contribution in [3.8, 4) is 5.75 Å². The van der Waals surface area contributed by atoms with Gasteiger partial charge in [0.2, 0.25) is 0 Å². The highest BCUT2D eigenvalue weighted by Gasteiger charge is 2.22. The molecule has 3 heteroatoms. The maximum Gasteiger partial charge on any atom is 0.173 e. The molecule has 0 radical (unpaired) electrons. The van der Waals surface area contributed by atoms with Crippen molar-refractivity contribution in [2.75, 3.05) is 7.11 Å². The summed E-state index contributed by atoms with van der Waals surface area (Å²) in [7, 11) is 1.61. The van der Waals surface area contributed by atoms with Gasteiger partial charge in [-0.1, -0.05) is 6.92 Å². The van der Waals surface area contributed by atoms with Crippen LogP contribution in [0.15, 0.2) is 17.1 Å². The van der Waals surface area contributed by atoms with Crippen molar-refractivity contribution < 1.29 is 9.53 Å². The van der Waals surface area contributed by atoms with E-state index in [1.165, 1.54) is 0 Å². The second-order valence-electron chi connectivity index (χ2n) is 3.77. The highest BCUT2D eigenvalue weighted by Crippen LogP contribution is 2.32. The Balaban J connectivity index is 2.60. The first-order valence-electron chi connectivity index (χ1n) is 4.90. The van der Waals surface area contributed by atoms with E-state index in [1.807, 2.05) is 19.9 Å². The number of aliphatic imine (C=N–C) groups is 1. The molecule has 2 rings (SSSR count). The van der Waals surface area contributed by atoms with Crippen LogP contribution in [0.5, 0.6) is 5.75 Å². The number of ketones is 1. The molecular weight excluding hydrogens is 190 g/mol. The van der Waals surface area contributed by atoms with Crippen molar-refractivity contribution in [3.05, 3.63) is 23.3 Å². The third-order valence-electron chi connectivity index (χ3n) is 2.63. The van der Waals surface area contributed by atoms with Crippen LogP contribution in [0.25, 0.3) is 0 Å². The minimum Gasteiger partial charge on any atom is -0.496 e. The number of rotatable bonds is 1. The second kappa shape index (κ2) is 3.50. The summed E-state index contributed by atoms with van der Waals surface area (Å²) in [6, 6.07) is 3.66. The van der Waals surface area contributed by atoms with Gasteiger partial charge in [-0.05, 0) is 24.6 Å². The van der Waals surface area contributed by atoms with E-state index < -0.39 is 0 Å². The zero-order chi connectivity index (χ0) is 11.0. The Bertz CT molecular complexity index is 449. The van der Waals surface area contributed by atoms with Gasteiger partial charge in [0, 0.05) is 11.8 Å². The fourth-order valence-corrected chi connectivity index (χ4v) is 1.70. The van der Waals surface area contributed by atoms with Crippen LogP contribution in [0.2, 0.25) is 0 Å². The first kappa shape index (κ1) is 9.90. The van der Waals surface area contributed by atoms with E-state index in [1.54, 1.807) is 19.4 Å². The Labute approximate surface area is 88.8 Å². The standard InChI is InChI=1S/C12H13NO2/c1-7-4-10-9(5-11(7)15-3)12(14)8(2)6-13-10/h4-6,8H,1-3H3. The maximum absolute atomic E-state index is 11.8. The molecule has 1 aliphatic heterocycles. The van der Waals surface area contributed by atoms with Gasteiger partial charge in [-0.25, -0.2) is 0 Å². The van der Waals surface area contributed by atoms with Crippen molar-refractivity contribution in [2.24, 2.45) is 10.9 Å². The predicted molar refractivity (Wildman–Crippen MR) is 59.4 cm³/mol. The van der Waals surface area contributed by atoms with Gasteiger partial charge in [0.15, 0.2) is 5.78 Å². The van der Waals surface area contributed by atoms with E-state index in [-0.39, 0.29) is 11.7 Å². The van der Waals surface area contributed by atoms with Gasteiger partial charge in [0.25, 0.3) is 0 Å². The van der Waals surface area contributed by atoms with Crippen LogP contribution in [0, 0.1) is 12.8 Å². The van der Waals surface area contributed by atoms with Crippen LogP contribution < -0.4 is 4.74 Å². The minimum absolute atomic E-state index is 0.110. The SMILES string of the molecule is COc1cc2c(cc1C)N=CC(C)C2=O. The summed E-state index contributed by atoms with van der Waals surface area (Å²) in [5, 5.41) is 0. The highest BCUT2D eigenvalue weighted by molar-refractivity contribution is 6.12. The lowest BCUT2D eigenvalue weighted by Crippen LogP contribution is -2.16. The molecule has 1 aromatic carbocycles. The van der Waals surface area contributed by atoms with E-state index in [9.17, 15) is 4.79 Å². The average molecular weight is 203 g/mol. The van der Waals surface area contributed by atoms with E-state index in [2.05, 4.69) is 4.99 Å². The summed E-state index contributed by atoms with van der Waals surface area (Å²) in [6.07, 6.45) is 1.69. The van der Waals surface area contributed by atoms with Gasteiger partial charge >= 0.3 is 0 Å². The number of methoxy groups -OCH3 is 1. The summed E-state index contributed by atoms with van der Waals surface area (Å²) >= 11 is 0. The van der Waals surface area contributed by atoms with Crippen molar-refractivity contribution in [2.45, 2.75) is 13.8 Å². The third-order valence-corrected chi connectivity index (χ3v) is 2.63. The zero-order valence-corrected chi connectivity index (χ0v) is 9.07. The molecule has 1 aromatic rings. The number of hydrogen-bond donors (Lipinski definition) is 0. The fourth-order valence-electron chi connectivity index (χ4n) is 1.70. The molecule has 0 amide bonds. The maximum atomic E-state index is 11.8. The largest absolute Gasteiger partial charge is 0.496 e. The van der Waals surface area contributed by atoms with E-state index >= 15 is 0 Å². The Morgan fingerprint density at radius 2 is 2.13 bits per heavy atom. The molecule has 78 valence electrons. The van der Waals surface area contributed by atoms with Crippen molar-refractivity contribution in [3.63, 3.8) is 0 Å². The zero-order valence-electron chi connectivity index (χ0n) is 9.07. The molecule has 0 aromatic heterocycles. The number of nitrogens with zero attached hydrogens (tertiary/aromatic N) is 1.